The lowest BCUT2D eigenvalue weighted by molar-refractivity contribution is 0.199. The second-order valence-corrected chi connectivity index (χ2v) is 5.76. The van der Waals surface area contributed by atoms with Crippen LogP contribution in [-0.2, 0) is 0 Å². The van der Waals surface area contributed by atoms with Crippen LogP contribution in [0.5, 0.6) is 0 Å². The van der Waals surface area contributed by atoms with Crippen LogP contribution in [0.3, 0.4) is 0 Å². The van der Waals surface area contributed by atoms with E-state index in [-0.39, 0.29) is 12.4 Å². The van der Waals surface area contributed by atoms with E-state index in [0.717, 1.165) is 24.0 Å². The van der Waals surface area contributed by atoms with Gasteiger partial charge in [-0.15, -0.1) is 12.4 Å². The smallest absolute Gasteiger partial charge is 0.0453 e. The molecular formula is C15H24Cl2N2. The molecule has 19 heavy (non-hydrogen) atoms. The molecule has 1 N–H and O–H groups in total. The second-order valence-electron chi connectivity index (χ2n) is 5.35. The Bertz CT molecular complexity index is 378. The first kappa shape index (κ1) is 16.8. The minimum Gasteiger partial charge on any atom is -0.316 e. The van der Waals surface area contributed by atoms with E-state index in [1.807, 2.05) is 12.1 Å². The molecule has 4 heteroatoms. The molecule has 2 nitrogen and oxygen atoms in total. The van der Waals surface area contributed by atoms with Crippen LogP contribution in [0.25, 0.3) is 0 Å². The maximum atomic E-state index is 6.27. The molecule has 1 aromatic carbocycles. The van der Waals surface area contributed by atoms with Crippen molar-refractivity contribution in [3.63, 3.8) is 0 Å². The number of benzene rings is 1. The summed E-state index contributed by atoms with van der Waals surface area (Å²) < 4.78 is 0. The Kier molecular flexibility index (Phi) is 7.16. The van der Waals surface area contributed by atoms with Crippen molar-refractivity contribution in [2.75, 3.05) is 26.7 Å². The molecule has 1 aliphatic rings. The predicted molar refractivity (Wildman–Crippen MR) is 85.3 cm³/mol. The lowest BCUT2D eigenvalue weighted by Crippen LogP contribution is -2.37. The van der Waals surface area contributed by atoms with E-state index in [1.54, 1.807) is 0 Å². The number of piperidine rings is 1. The highest BCUT2D eigenvalue weighted by atomic mass is 35.5. The van der Waals surface area contributed by atoms with Gasteiger partial charge in [-0.3, -0.25) is 4.90 Å². The van der Waals surface area contributed by atoms with Crippen LogP contribution in [0.1, 0.15) is 31.4 Å². The summed E-state index contributed by atoms with van der Waals surface area (Å²) in [6.07, 6.45) is 2.64. The van der Waals surface area contributed by atoms with E-state index in [1.165, 1.54) is 24.9 Å². The van der Waals surface area contributed by atoms with Gasteiger partial charge in [0.1, 0.15) is 0 Å². The van der Waals surface area contributed by atoms with Crippen molar-refractivity contribution in [3.05, 3.63) is 34.9 Å². The third-order valence-corrected chi connectivity index (χ3v) is 4.31. The van der Waals surface area contributed by atoms with Crippen LogP contribution < -0.4 is 5.32 Å². The number of nitrogens with zero attached hydrogens (tertiary/aromatic N) is 1. The van der Waals surface area contributed by atoms with Gasteiger partial charge in [-0.05, 0) is 57.5 Å². The van der Waals surface area contributed by atoms with Crippen LogP contribution in [0, 0.1) is 5.92 Å². The van der Waals surface area contributed by atoms with Gasteiger partial charge in [0, 0.05) is 17.6 Å². The highest BCUT2D eigenvalue weighted by Crippen LogP contribution is 2.27. The minimum atomic E-state index is 0. The van der Waals surface area contributed by atoms with Crippen LogP contribution in [0.4, 0.5) is 0 Å². The van der Waals surface area contributed by atoms with Crippen molar-refractivity contribution >= 4 is 24.0 Å². The third-order valence-electron chi connectivity index (χ3n) is 3.96. The third kappa shape index (κ3) is 4.64. The highest BCUT2D eigenvalue weighted by molar-refractivity contribution is 6.31. The lowest BCUT2D eigenvalue weighted by Gasteiger charge is -2.31. The van der Waals surface area contributed by atoms with Crippen LogP contribution in [0.2, 0.25) is 5.02 Å². The summed E-state index contributed by atoms with van der Waals surface area (Å²) in [5, 5.41) is 4.35. The fraction of sp³-hybridized carbons (Fsp3) is 0.600. The molecule has 2 rings (SSSR count). The van der Waals surface area contributed by atoms with Crippen molar-refractivity contribution in [1.82, 2.24) is 10.2 Å². The molecule has 1 heterocycles. The van der Waals surface area contributed by atoms with Crippen molar-refractivity contribution < 1.29 is 0 Å². The minimum absolute atomic E-state index is 0. The standard InChI is InChI=1S/C15H23ClN2.ClH/c1-12(14-7-3-4-8-15(14)16)18(2)11-13-6-5-9-17-10-13;/h3-4,7-8,12-13,17H,5-6,9-11H2,1-2H3;1H. The molecule has 2 atom stereocenters. The zero-order chi connectivity index (χ0) is 13.0. The molecular weight excluding hydrogens is 279 g/mol. The zero-order valence-corrected chi connectivity index (χ0v) is 13.3. The Balaban J connectivity index is 0.00000180. The summed E-state index contributed by atoms with van der Waals surface area (Å²) in [4.78, 5) is 2.42. The molecule has 0 amide bonds. The van der Waals surface area contributed by atoms with E-state index in [0.29, 0.717) is 6.04 Å². The molecule has 0 saturated carbocycles. The Hall–Kier alpha value is -0.280. The Morgan fingerprint density at radius 3 is 2.79 bits per heavy atom. The van der Waals surface area contributed by atoms with E-state index in [4.69, 9.17) is 11.6 Å². The average Bonchev–Trinajstić information content (AvgIpc) is 2.39. The van der Waals surface area contributed by atoms with E-state index in [9.17, 15) is 0 Å². The van der Waals surface area contributed by atoms with Crippen molar-refractivity contribution in [3.8, 4) is 0 Å². The largest absolute Gasteiger partial charge is 0.316 e. The second kappa shape index (κ2) is 8.11. The number of hydrogen-bond acceptors (Lipinski definition) is 2. The fourth-order valence-electron chi connectivity index (χ4n) is 2.70. The van der Waals surface area contributed by atoms with Crippen molar-refractivity contribution in [1.29, 1.82) is 0 Å². The summed E-state index contributed by atoms with van der Waals surface area (Å²) in [5.74, 6) is 0.772. The summed E-state index contributed by atoms with van der Waals surface area (Å²) in [6.45, 7) is 5.71. The monoisotopic (exact) mass is 302 g/mol. The van der Waals surface area contributed by atoms with E-state index >= 15 is 0 Å². The quantitative estimate of drug-likeness (QED) is 0.911. The maximum absolute atomic E-state index is 6.27. The Morgan fingerprint density at radius 1 is 1.42 bits per heavy atom. The molecule has 0 spiro atoms. The molecule has 1 saturated heterocycles. The molecule has 0 bridgehead atoms. The first-order chi connectivity index (χ1) is 8.68. The van der Waals surface area contributed by atoms with Gasteiger partial charge in [0.2, 0.25) is 0 Å². The van der Waals surface area contributed by atoms with E-state index < -0.39 is 0 Å². The predicted octanol–water partition coefficient (Wildman–Crippen LogP) is 3.75. The lowest BCUT2D eigenvalue weighted by atomic mass is 9.98. The first-order valence-corrected chi connectivity index (χ1v) is 7.21. The maximum Gasteiger partial charge on any atom is 0.0453 e. The summed E-state index contributed by atoms with van der Waals surface area (Å²) in [7, 11) is 2.20. The number of rotatable bonds is 4. The molecule has 0 radical (unpaired) electrons. The topological polar surface area (TPSA) is 15.3 Å². The molecule has 1 aliphatic heterocycles. The van der Waals surface area contributed by atoms with Gasteiger partial charge < -0.3 is 5.32 Å². The number of nitrogens with one attached hydrogen (secondary N) is 1. The molecule has 1 fully saturated rings. The Labute approximate surface area is 127 Å². The SMILES string of the molecule is CC(c1ccccc1Cl)N(C)CC1CCCNC1.Cl. The van der Waals surface area contributed by atoms with Gasteiger partial charge in [0.15, 0.2) is 0 Å². The van der Waals surface area contributed by atoms with Crippen molar-refractivity contribution in [2.24, 2.45) is 5.92 Å². The van der Waals surface area contributed by atoms with Crippen LogP contribution in [-0.4, -0.2) is 31.6 Å². The number of hydrogen-bond donors (Lipinski definition) is 1. The molecule has 1 aromatic rings. The summed E-state index contributed by atoms with van der Waals surface area (Å²) >= 11 is 6.27. The number of halogens is 2. The molecule has 108 valence electrons. The molecule has 2 unspecified atom stereocenters. The van der Waals surface area contributed by atoms with Gasteiger partial charge in [0.05, 0.1) is 0 Å². The normalized spacial score (nSPS) is 20.9. The highest BCUT2D eigenvalue weighted by Gasteiger charge is 2.19. The van der Waals surface area contributed by atoms with Gasteiger partial charge in [-0.1, -0.05) is 29.8 Å². The fourth-order valence-corrected chi connectivity index (χ4v) is 2.99. The van der Waals surface area contributed by atoms with Crippen LogP contribution >= 0.6 is 24.0 Å². The van der Waals surface area contributed by atoms with Gasteiger partial charge in [-0.25, -0.2) is 0 Å². The van der Waals surface area contributed by atoms with Gasteiger partial charge in [-0.2, -0.15) is 0 Å². The average molecular weight is 303 g/mol. The van der Waals surface area contributed by atoms with E-state index in [2.05, 4.69) is 36.3 Å². The zero-order valence-electron chi connectivity index (χ0n) is 11.7. The van der Waals surface area contributed by atoms with Gasteiger partial charge >= 0.3 is 0 Å². The van der Waals surface area contributed by atoms with Gasteiger partial charge in [0.25, 0.3) is 0 Å². The summed E-state index contributed by atoms with van der Waals surface area (Å²) in [6, 6.07) is 8.53. The first-order valence-electron chi connectivity index (χ1n) is 6.84. The Morgan fingerprint density at radius 2 is 2.16 bits per heavy atom. The van der Waals surface area contributed by atoms with Crippen LogP contribution in [0.15, 0.2) is 24.3 Å². The summed E-state index contributed by atoms with van der Waals surface area (Å²) in [5.41, 5.74) is 1.23. The molecule has 0 aromatic heterocycles. The molecule has 0 aliphatic carbocycles. The van der Waals surface area contributed by atoms with Crippen molar-refractivity contribution in [2.45, 2.75) is 25.8 Å².